The molecular weight excluding hydrogens is 220 g/mol. The van der Waals surface area contributed by atoms with Crippen molar-refractivity contribution in [2.75, 3.05) is 0 Å². The van der Waals surface area contributed by atoms with Crippen LogP contribution in [0.5, 0.6) is 5.75 Å². The molecule has 2 rings (SSSR count). The van der Waals surface area contributed by atoms with Crippen LogP contribution in [0.15, 0.2) is 18.2 Å². The van der Waals surface area contributed by atoms with E-state index in [1.807, 2.05) is 6.92 Å². The molecule has 0 aromatic heterocycles. The van der Waals surface area contributed by atoms with Crippen molar-refractivity contribution in [2.45, 2.75) is 38.4 Å². The number of carbonyl (C=O) groups is 1. The number of aryl methyl sites for hydroxylation is 1. The van der Waals surface area contributed by atoms with E-state index in [0.717, 1.165) is 24.8 Å². The fourth-order valence-corrected chi connectivity index (χ4v) is 2.11. The van der Waals surface area contributed by atoms with Crippen LogP contribution in [0.3, 0.4) is 0 Å². The molecule has 2 N–H and O–H groups in total. The molecule has 4 nitrogen and oxygen atoms in total. The fraction of sp³-hybridized carbons (Fsp3) is 0.462. The molecule has 1 saturated carbocycles. The minimum atomic E-state index is -1.01. The first kappa shape index (κ1) is 11.9. The Balaban J connectivity index is 2.24. The lowest BCUT2D eigenvalue weighted by Crippen LogP contribution is -2.26. The number of carboxylic acid groups (broad SMARTS) is 1. The zero-order valence-corrected chi connectivity index (χ0v) is 9.72. The minimum Gasteiger partial charge on any atom is -0.487 e. The molecular formula is C13H16O4. The number of aliphatic hydroxyl groups excluding tert-OH is 1. The Bertz CT molecular complexity index is 427. The highest BCUT2D eigenvalue weighted by Crippen LogP contribution is 2.28. The first-order chi connectivity index (χ1) is 8.08. The van der Waals surface area contributed by atoms with E-state index in [1.54, 1.807) is 12.1 Å². The van der Waals surface area contributed by atoms with Gasteiger partial charge in [-0.2, -0.15) is 0 Å². The van der Waals surface area contributed by atoms with Gasteiger partial charge >= 0.3 is 5.97 Å². The Labute approximate surface area is 99.8 Å². The number of carboxylic acids is 1. The fourth-order valence-electron chi connectivity index (χ4n) is 2.11. The van der Waals surface area contributed by atoms with Gasteiger partial charge in [0.25, 0.3) is 0 Å². The number of aromatic carboxylic acids is 1. The summed E-state index contributed by atoms with van der Waals surface area (Å²) < 4.78 is 5.63. The van der Waals surface area contributed by atoms with Crippen LogP contribution in [0.4, 0.5) is 0 Å². The topological polar surface area (TPSA) is 66.8 Å². The Morgan fingerprint density at radius 2 is 2.18 bits per heavy atom. The first-order valence-corrected chi connectivity index (χ1v) is 5.76. The third kappa shape index (κ3) is 2.58. The Kier molecular flexibility index (Phi) is 3.33. The van der Waals surface area contributed by atoms with Crippen LogP contribution in [-0.2, 0) is 0 Å². The molecule has 1 aliphatic rings. The van der Waals surface area contributed by atoms with Gasteiger partial charge in [-0.1, -0.05) is 6.07 Å². The summed E-state index contributed by atoms with van der Waals surface area (Å²) in [6, 6.07) is 4.98. The number of rotatable bonds is 3. The van der Waals surface area contributed by atoms with Gasteiger partial charge in [0.2, 0.25) is 0 Å². The van der Waals surface area contributed by atoms with E-state index >= 15 is 0 Å². The van der Waals surface area contributed by atoms with Crippen LogP contribution in [0, 0.1) is 6.92 Å². The van der Waals surface area contributed by atoms with Crippen molar-refractivity contribution in [3.63, 3.8) is 0 Å². The summed E-state index contributed by atoms with van der Waals surface area (Å²) in [6.07, 6.45) is 1.64. The van der Waals surface area contributed by atoms with Gasteiger partial charge in [-0.25, -0.2) is 4.79 Å². The molecule has 0 bridgehead atoms. The quantitative estimate of drug-likeness (QED) is 0.842. The van der Waals surface area contributed by atoms with Gasteiger partial charge in [0, 0.05) is 0 Å². The molecule has 2 unspecified atom stereocenters. The lowest BCUT2D eigenvalue weighted by molar-refractivity contribution is 0.0560. The summed E-state index contributed by atoms with van der Waals surface area (Å²) in [6.45, 7) is 1.88. The maximum atomic E-state index is 11.0. The number of hydrogen-bond donors (Lipinski definition) is 2. The molecule has 0 radical (unpaired) electrons. The molecule has 0 amide bonds. The average molecular weight is 236 g/mol. The van der Waals surface area contributed by atoms with E-state index < -0.39 is 12.1 Å². The smallest absolute Gasteiger partial charge is 0.339 e. The van der Waals surface area contributed by atoms with Gasteiger partial charge < -0.3 is 14.9 Å². The molecule has 1 aromatic carbocycles. The Morgan fingerprint density at radius 3 is 2.76 bits per heavy atom. The van der Waals surface area contributed by atoms with Gasteiger partial charge in [0.1, 0.15) is 17.4 Å². The molecule has 0 saturated heterocycles. The minimum absolute atomic E-state index is 0.148. The molecule has 2 atom stereocenters. The summed E-state index contributed by atoms with van der Waals surface area (Å²) in [4.78, 5) is 11.0. The second kappa shape index (κ2) is 4.75. The Morgan fingerprint density at radius 1 is 1.41 bits per heavy atom. The number of hydrogen-bond acceptors (Lipinski definition) is 3. The standard InChI is InChI=1S/C13H16O4/c1-8-5-6-9(13(15)16)12(7-8)17-11-4-2-3-10(11)14/h5-7,10-11,14H,2-4H2,1H3,(H,15,16). The van der Waals surface area contributed by atoms with Gasteiger partial charge in [0.05, 0.1) is 6.10 Å². The molecule has 0 spiro atoms. The van der Waals surface area contributed by atoms with E-state index in [0.29, 0.717) is 5.75 Å². The second-order valence-electron chi connectivity index (χ2n) is 4.46. The van der Waals surface area contributed by atoms with Gasteiger partial charge in [-0.05, 0) is 43.9 Å². The maximum absolute atomic E-state index is 11.0. The van der Waals surface area contributed by atoms with Crippen molar-refractivity contribution >= 4 is 5.97 Å². The van der Waals surface area contributed by atoms with E-state index in [1.165, 1.54) is 6.07 Å². The zero-order valence-electron chi connectivity index (χ0n) is 9.72. The summed E-state index contributed by atoms with van der Waals surface area (Å²) in [5.41, 5.74) is 1.09. The Hall–Kier alpha value is -1.55. The van der Waals surface area contributed by atoms with E-state index in [4.69, 9.17) is 9.84 Å². The van der Waals surface area contributed by atoms with E-state index in [-0.39, 0.29) is 11.7 Å². The molecule has 1 aliphatic carbocycles. The summed E-state index contributed by atoms with van der Waals surface area (Å²) in [5.74, 6) is -0.657. The average Bonchev–Trinajstić information content (AvgIpc) is 2.64. The van der Waals surface area contributed by atoms with Gasteiger partial charge in [-0.3, -0.25) is 0 Å². The predicted octanol–water partition coefficient (Wildman–Crippen LogP) is 1.99. The lowest BCUT2D eigenvalue weighted by Gasteiger charge is -2.18. The first-order valence-electron chi connectivity index (χ1n) is 5.76. The van der Waals surface area contributed by atoms with Crippen molar-refractivity contribution < 1.29 is 19.7 Å². The summed E-state index contributed by atoms with van der Waals surface area (Å²) in [5, 5.41) is 18.7. The van der Waals surface area contributed by atoms with E-state index in [2.05, 4.69) is 0 Å². The lowest BCUT2D eigenvalue weighted by atomic mass is 10.1. The highest BCUT2D eigenvalue weighted by atomic mass is 16.5. The molecule has 17 heavy (non-hydrogen) atoms. The van der Waals surface area contributed by atoms with E-state index in [9.17, 15) is 9.90 Å². The zero-order chi connectivity index (χ0) is 12.4. The largest absolute Gasteiger partial charge is 0.487 e. The monoisotopic (exact) mass is 236 g/mol. The van der Waals surface area contributed by atoms with Crippen molar-refractivity contribution in [1.82, 2.24) is 0 Å². The van der Waals surface area contributed by atoms with Crippen LogP contribution >= 0.6 is 0 Å². The van der Waals surface area contributed by atoms with Crippen LogP contribution in [-0.4, -0.2) is 28.4 Å². The normalized spacial score (nSPS) is 23.6. The van der Waals surface area contributed by atoms with Crippen LogP contribution in [0.25, 0.3) is 0 Å². The third-order valence-electron chi connectivity index (χ3n) is 3.06. The van der Waals surface area contributed by atoms with Crippen molar-refractivity contribution in [2.24, 2.45) is 0 Å². The number of benzene rings is 1. The molecule has 0 heterocycles. The van der Waals surface area contributed by atoms with Crippen LogP contribution < -0.4 is 4.74 Å². The highest BCUT2D eigenvalue weighted by Gasteiger charge is 2.28. The number of aliphatic hydroxyl groups is 1. The third-order valence-corrected chi connectivity index (χ3v) is 3.06. The van der Waals surface area contributed by atoms with Crippen LogP contribution in [0.1, 0.15) is 35.2 Å². The van der Waals surface area contributed by atoms with Gasteiger partial charge in [0.15, 0.2) is 0 Å². The summed E-state index contributed by atoms with van der Waals surface area (Å²) in [7, 11) is 0. The highest BCUT2D eigenvalue weighted by molar-refractivity contribution is 5.91. The molecule has 0 aliphatic heterocycles. The number of ether oxygens (including phenoxy) is 1. The molecule has 1 fully saturated rings. The summed E-state index contributed by atoms with van der Waals surface area (Å²) >= 11 is 0. The molecule has 1 aromatic rings. The predicted molar refractivity (Wildman–Crippen MR) is 62.4 cm³/mol. The molecule has 4 heteroatoms. The van der Waals surface area contributed by atoms with Crippen molar-refractivity contribution in [3.8, 4) is 5.75 Å². The van der Waals surface area contributed by atoms with Crippen molar-refractivity contribution in [1.29, 1.82) is 0 Å². The maximum Gasteiger partial charge on any atom is 0.339 e. The van der Waals surface area contributed by atoms with Gasteiger partial charge in [-0.15, -0.1) is 0 Å². The van der Waals surface area contributed by atoms with Crippen molar-refractivity contribution in [3.05, 3.63) is 29.3 Å². The molecule has 92 valence electrons. The SMILES string of the molecule is Cc1ccc(C(=O)O)c(OC2CCCC2O)c1. The second-order valence-corrected chi connectivity index (χ2v) is 4.46. The van der Waals surface area contributed by atoms with Crippen LogP contribution in [0.2, 0.25) is 0 Å².